The summed E-state index contributed by atoms with van der Waals surface area (Å²) in [5, 5.41) is 5.50. The van der Waals surface area contributed by atoms with E-state index in [0.29, 0.717) is 12.2 Å². The Morgan fingerprint density at radius 2 is 1.74 bits per heavy atom. The van der Waals surface area contributed by atoms with E-state index in [2.05, 4.69) is 34.9 Å². The van der Waals surface area contributed by atoms with Gasteiger partial charge in [0.15, 0.2) is 11.8 Å². The number of nitrogens with one attached hydrogen (secondary N) is 3. The third-order valence-electron chi connectivity index (χ3n) is 5.78. The summed E-state index contributed by atoms with van der Waals surface area (Å²) in [4.78, 5) is 26.2. The number of carbonyl (C=O) groups is 2. The van der Waals surface area contributed by atoms with Crippen LogP contribution in [0.25, 0.3) is 0 Å². The van der Waals surface area contributed by atoms with Crippen molar-refractivity contribution in [3.05, 3.63) is 88.9 Å². The van der Waals surface area contributed by atoms with Crippen LogP contribution in [0.3, 0.4) is 0 Å². The molecule has 0 radical (unpaired) electrons. The van der Waals surface area contributed by atoms with Gasteiger partial charge in [-0.2, -0.15) is 0 Å². The van der Waals surface area contributed by atoms with Crippen molar-refractivity contribution in [3.63, 3.8) is 0 Å². The molecule has 2 atom stereocenters. The number of rotatable bonds is 5. The minimum atomic E-state index is -0.665. The van der Waals surface area contributed by atoms with Crippen LogP contribution in [-0.4, -0.2) is 24.9 Å². The number of hydrogen-bond donors (Lipinski definition) is 3. The molecular formula is C25H28N3O3+. The molecule has 6 nitrogen and oxygen atoms in total. The number of hydrogen-bond acceptors (Lipinski definition) is 3. The Hall–Kier alpha value is -3.38. The number of anilines is 1. The molecule has 2 aromatic carbocycles. The molecule has 160 valence electrons. The van der Waals surface area contributed by atoms with E-state index in [1.807, 2.05) is 44.2 Å². The first kappa shape index (κ1) is 20.9. The fraction of sp³-hybridized carbons (Fsp3) is 0.280. The van der Waals surface area contributed by atoms with Crippen LogP contribution in [0.5, 0.6) is 0 Å². The van der Waals surface area contributed by atoms with Crippen molar-refractivity contribution in [2.75, 3.05) is 18.4 Å². The van der Waals surface area contributed by atoms with E-state index < -0.39 is 11.8 Å². The van der Waals surface area contributed by atoms with E-state index in [1.165, 1.54) is 16.0 Å². The van der Waals surface area contributed by atoms with Gasteiger partial charge in [-0.05, 0) is 54.8 Å². The molecule has 2 heterocycles. The highest BCUT2D eigenvalue weighted by Gasteiger charge is 2.31. The zero-order valence-corrected chi connectivity index (χ0v) is 17.9. The second kappa shape index (κ2) is 9.18. The molecule has 0 saturated heterocycles. The molecule has 3 N–H and O–H groups in total. The first-order chi connectivity index (χ1) is 15.0. The Kier molecular flexibility index (Phi) is 6.18. The van der Waals surface area contributed by atoms with Gasteiger partial charge in [0.25, 0.3) is 0 Å². The van der Waals surface area contributed by atoms with E-state index in [0.717, 1.165) is 36.4 Å². The van der Waals surface area contributed by atoms with Crippen molar-refractivity contribution in [1.29, 1.82) is 0 Å². The number of amides is 2. The van der Waals surface area contributed by atoms with Crippen molar-refractivity contribution in [1.82, 2.24) is 5.32 Å². The second-order valence-corrected chi connectivity index (χ2v) is 8.21. The van der Waals surface area contributed by atoms with Crippen LogP contribution in [0, 0.1) is 13.8 Å². The zero-order valence-electron chi connectivity index (χ0n) is 17.9. The molecular weight excluding hydrogens is 390 g/mol. The molecule has 0 fully saturated rings. The fourth-order valence-corrected chi connectivity index (χ4v) is 4.34. The predicted octanol–water partition coefficient (Wildman–Crippen LogP) is 2.33. The number of aryl methyl sites for hydroxylation is 2. The van der Waals surface area contributed by atoms with E-state index in [-0.39, 0.29) is 6.04 Å². The average Bonchev–Trinajstić information content (AvgIpc) is 3.27. The first-order valence-corrected chi connectivity index (χ1v) is 10.6. The van der Waals surface area contributed by atoms with Crippen LogP contribution in [0.4, 0.5) is 5.69 Å². The first-order valence-electron chi connectivity index (χ1n) is 10.6. The summed E-state index contributed by atoms with van der Waals surface area (Å²) in [6, 6.07) is 17.9. The van der Waals surface area contributed by atoms with Crippen LogP contribution in [0.2, 0.25) is 0 Å². The van der Waals surface area contributed by atoms with Gasteiger partial charge in [0, 0.05) is 17.7 Å². The van der Waals surface area contributed by atoms with Crippen LogP contribution >= 0.6 is 0 Å². The molecule has 1 aliphatic rings. The lowest BCUT2D eigenvalue weighted by molar-refractivity contribution is -0.946. The van der Waals surface area contributed by atoms with Gasteiger partial charge in [-0.25, -0.2) is 0 Å². The lowest BCUT2D eigenvalue weighted by Crippen LogP contribution is -3.12. The number of fused-ring (bicyclic) bond motifs is 1. The smallest absolute Gasteiger partial charge is 0.313 e. The summed E-state index contributed by atoms with van der Waals surface area (Å²) in [6.45, 7) is 6.02. The van der Waals surface area contributed by atoms with Gasteiger partial charge in [0.1, 0.15) is 6.54 Å². The maximum Gasteiger partial charge on any atom is 0.313 e. The Morgan fingerprint density at radius 3 is 2.45 bits per heavy atom. The highest BCUT2D eigenvalue weighted by Crippen LogP contribution is 2.16. The Morgan fingerprint density at radius 1 is 1.00 bits per heavy atom. The summed E-state index contributed by atoms with van der Waals surface area (Å²) < 4.78 is 5.68. The largest absolute Gasteiger partial charge is 0.463 e. The molecule has 4 rings (SSSR count). The highest BCUT2D eigenvalue weighted by atomic mass is 16.3. The SMILES string of the molecule is Cc1cc(C)cc(NC(=O)C(=O)NC[C@@H](c2ccco2)[NH+]2CCc3ccccc3C2)c1. The van der Waals surface area contributed by atoms with Crippen LogP contribution < -0.4 is 15.5 Å². The summed E-state index contributed by atoms with van der Waals surface area (Å²) in [5.74, 6) is -0.501. The van der Waals surface area contributed by atoms with Crippen LogP contribution in [-0.2, 0) is 22.6 Å². The molecule has 0 aliphatic carbocycles. The molecule has 1 aliphatic heterocycles. The number of carbonyl (C=O) groups excluding carboxylic acids is 2. The number of benzene rings is 2. The van der Waals surface area contributed by atoms with Gasteiger partial charge in [0.05, 0.1) is 19.4 Å². The maximum absolute atomic E-state index is 12.5. The van der Waals surface area contributed by atoms with E-state index in [9.17, 15) is 9.59 Å². The molecule has 0 spiro atoms. The summed E-state index contributed by atoms with van der Waals surface area (Å²) in [7, 11) is 0. The normalized spacial score (nSPS) is 16.3. The monoisotopic (exact) mass is 418 g/mol. The summed E-state index contributed by atoms with van der Waals surface area (Å²) >= 11 is 0. The molecule has 1 unspecified atom stereocenters. The van der Waals surface area contributed by atoms with Crippen molar-refractivity contribution in [3.8, 4) is 0 Å². The van der Waals surface area contributed by atoms with Crippen molar-refractivity contribution < 1.29 is 18.9 Å². The molecule has 31 heavy (non-hydrogen) atoms. The topological polar surface area (TPSA) is 75.8 Å². The second-order valence-electron chi connectivity index (χ2n) is 8.21. The number of quaternary nitrogens is 1. The van der Waals surface area contributed by atoms with E-state index in [4.69, 9.17) is 4.42 Å². The minimum Gasteiger partial charge on any atom is -0.463 e. The predicted molar refractivity (Wildman–Crippen MR) is 119 cm³/mol. The van der Waals surface area contributed by atoms with E-state index >= 15 is 0 Å². The van der Waals surface area contributed by atoms with Crippen molar-refractivity contribution in [2.45, 2.75) is 32.9 Å². The Balaban J connectivity index is 1.42. The molecule has 1 aromatic heterocycles. The van der Waals surface area contributed by atoms with Gasteiger partial charge in [-0.1, -0.05) is 30.3 Å². The van der Waals surface area contributed by atoms with Gasteiger partial charge >= 0.3 is 11.8 Å². The average molecular weight is 419 g/mol. The third-order valence-corrected chi connectivity index (χ3v) is 5.78. The molecule has 0 bridgehead atoms. The van der Waals surface area contributed by atoms with Crippen LogP contribution in [0.1, 0.15) is 34.1 Å². The molecule has 0 saturated carbocycles. The van der Waals surface area contributed by atoms with Crippen molar-refractivity contribution in [2.24, 2.45) is 0 Å². The molecule has 6 heteroatoms. The summed E-state index contributed by atoms with van der Waals surface area (Å²) in [5.41, 5.74) is 5.38. The lowest BCUT2D eigenvalue weighted by atomic mass is 9.98. The lowest BCUT2D eigenvalue weighted by Gasteiger charge is -2.31. The minimum absolute atomic E-state index is 0.0682. The fourth-order valence-electron chi connectivity index (χ4n) is 4.34. The van der Waals surface area contributed by atoms with Gasteiger partial charge < -0.3 is 20.0 Å². The van der Waals surface area contributed by atoms with E-state index in [1.54, 1.807) is 6.26 Å². The highest BCUT2D eigenvalue weighted by molar-refractivity contribution is 6.39. The molecule has 2 amide bonds. The Bertz CT molecular complexity index is 1060. The third kappa shape index (κ3) is 5.03. The molecule has 3 aromatic rings. The van der Waals surface area contributed by atoms with Crippen LogP contribution in [0.15, 0.2) is 65.3 Å². The summed E-state index contributed by atoms with van der Waals surface area (Å²) in [6.07, 6.45) is 2.62. The van der Waals surface area contributed by atoms with Gasteiger partial charge in [-0.3, -0.25) is 9.59 Å². The maximum atomic E-state index is 12.5. The zero-order chi connectivity index (χ0) is 21.8. The number of furan rings is 1. The van der Waals surface area contributed by atoms with Gasteiger partial charge in [0.2, 0.25) is 0 Å². The quantitative estimate of drug-likeness (QED) is 0.557. The van der Waals surface area contributed by atoms with Crippen molar-refractivity contribution >= 4 is 17.5 Å². The Labute approximate surface area is 182 Å². The van der Waals surface area contributed by atoms with Gasteiger partial charge in [-0.15, -0.1) is 0 Å². The standard InChI is InChI=1S/C25H27N3O3/c1-17-12-18(2)14-21(13-17)27-25(30)24(29)26-15-22(23-8-5-11-31-23)28-10-9-19-6-3-4-7-20(19)16-28/h3-8,11-14,22H,9-10,15-16H2,1-2H3,(H,26,29)(H,27,30)/p+1/t22-/m0/s1.